The Morgan fingerprint density at radius 3 is 2.87 bits per heavy atom. The SMILES string of the molecule is COc1ccccc1-n1c(SCc2nnc(C)o2)nc2sc3c(c2c1=O)CCCC3. The lowest BCUT2D eigenvalue weighted by molar-refractivity contribution is 0.411. The smallest absolute Gasteiger partial charge is 0.267 e. The number of thiophene rings is 1. The Morgan fingerprint density at radius 2 is 2.07 bits per heavy atom. The highest BCUT2D eigenvalue weighted by molar-refractivity contribution is 7.98. The van der Waals surface area contributed by atoms with Gasteiger partial charge in [0.25, 0.3) is 5.56 Å². The van der Waals surface area contributed by atoms with Crippen LogP contribution in [0.3, 0.4) is 0 Å². The molecule has 0 unspecified atom stereocenters. The van der Waals surface area contributed by atoms with Crippen molar-refractivity contribution in [3.05, 3.63) is 56.8 Å². The van der Waals surface area contributed by atoms with Crippen LogP contribution in [0, 0.1) is 6.92 Å². The molecule has 0 N–H and O–H groups in total. The topological polar surface area (TPSA) is 83.0 Å². The number of para-hydroxylation sites is 2. The van der Waals surface area contributed by atoms with E-state index in [1.807, 2.05) is 24.3 Å². The van der Waals surface area contributed by atoms with Crippen LogP contribution in [0.1, 0.15) is 35.1 Å². The molecule has 0 amide bonds. The predicted octanol–water partition coefficient (Wildman–Crippen LogP) is 4.32. The van der Waals surface area contributed by atoms with Gasteiger partial charge in [0, 0.05) is 11.8 Å². The second kappa shape index (κ2) is 7.88. The molecule has 4 aromatic rings. The van der Waals surface area contributed by atoms with Crippen LogP contribution in [0.15, 0.2) is 38.6 Å². The molecule has 5 rings (SSSR count). The number of ether oxygens (including phenoxy) is 1. The number of nitrogens with zero attached hydrogens (tertiary/aromatic N) is 4. The van der Waals surface area contributed by atoms with Gasteiger partial charge in [0.2, 0.25) is 11.8 Å². The van der Waals surface area contributed by atoms with Crippen LogP contribution in [0.4, 0.5) is 0 Å². The third-order valence-corrected chi connectivity index (χ3v) is 7.29. The number of thioether (sulfide) groups is 1. The van der Waals surface area contributed by atoms with Crippen LogP contribution in [0.5, 0.6) is 5.75 Å². The van der Waals surface area contributed by atoms with Gasteiger partial charge in [-0.25, -0.2) is 4.98 Å². The molecule has 0 saturated carbocycles. The van der Waals surface area contributed by atoms with Crippen LogP contribution in [-0.2, 0) is 18.6 Å². The maximum absolute atomic E-state index is 13.8. The molecule has 1 aromatic carbocycles. The van der Waals surface area contributed by atoms with Crippen molar-refractivity contribution in [2.75, 3.05) is 7.11 Å². The molecule has 3 heterocycles. The fourth-order valence-electron chi connectivity index (χ4n) is 3.83. The van der Waals surface area contributed by atoms with Crippen LogP contribution < -0.4 is 10.3 Å². The van der Waals surface area contributed by atoms with E-state index in [1.54, 1.807) is 29.9 Å². The first-order valence-corrected chi connectivity index (χ1v) is 11.6. The zero-order valence-electron chi connectivity index (χ0n) is 16.7. The van der Waals surface area contributed by atoms with E-state index in [9.17, 15) is 4.79 Å². The molecule has 0 fully saturated rings. The third-order valence-electron chi connectivity index (χ3n) is 5.18. The van der Waals surface area contributed by atoms with Crippen molar-refractivity contribution in [1.29, 1.82) is 0 Å². The molecule has 154 valence electrons. The number of aromatic nitrogens is 4. The van der Waals surface area contributed by atoms with Gasteiger partial charge >= 0.3 is 0 Å². The Hall–Kier alpha value is -2.65. The Labute approximate surface area is 181 Å². The highest BCUT2D eigenvalue weighted by Gasteiger charge is 2.24. The summed E-state index contributed by atoms with van der Waals surface area (Å²) in [6.07, 6.45) is 4.23. The number of aryl methyl sites for hydroxylation is 3. The molecule has 9 heteroatoms. The Kier molecular flexibility index (Phi) is 5.08. The highest BCUT2D eigenvalue weighted by Crippen LogP contribution is 2.36. The normalized spacial score (nSPS) is 13.5. The van der Waals surface area contributed by atoms with Crippen molar-refractivity contribution in [1.82, 2.24) is 19.7 Å². The fraction of sp³-hybridized carbons (Fsp3) is 0.333. The summed E-state index contributed by atoms with van der Waals surface area (Å²) in [6, 6.07) is 7.52. The first-order chi connectivity index (χ1) is 14.7. The molecule has 0 radical (unpaired) electrons. The first-order valence-electron chi connectivity index (χ1n) is 9.78. The lowest BCUT2D eigenvalue weighted by Gasteiger charge is -2.15. The van der Waals surface area contributed by atoms with Crippen LogP contribution in [-0.4, -0.2) is 26.9 Å². The van der Waals surface area contributed by atoms with Gasteiger partial charge in [-0.15, -0.1) is 21.5 Å². The van der Waals surface area contributed by atoms with Crippen LogP contribution in [0.25, 0.3) is 15.9 Å². The molecule has 0 bridgehead atoms. The van der Waals surface area contributed by atoms with E-state index in [4.69, 9.17) is 14.1 Å². The number of fused-ring (bicyclic) bond motifs is 3. The number of benzene rings is 1. The van der Waals surface area contributed by atoms with Crippen LogP contribution >= 0.6 is 23.1 Å². The molecule has 0 saturated heterocycles. The van der Waals surface area contributed by atoms with E-state index in [1.165, 1.54) is 28.6 Å². The van der Waals surface area contributed by atoms with E-state index < -0.39 is 0 Å². The standard InChI is InChI=1S/C21H20N4O3S2/c1-12-23-24-17(28-12)11-29-21-22-19-18(13-7-3-6-10-16(13)30-19)20(26)25(21)14-8-4-5-9-15(14)27-2/h4-5,8-9H,3,6-7,10-11H2,1-2H3. The summed E-state index contributed by atoms with van der Waals surface area (Å²) >= 11 is 3.06. The molecule has 7 nitrogen and oxygen atoms in total. The number of hydrogen-bond donors (Lipinski definition) is 0. The maximum atomic E-state index is 13.8. The zero-order valence-corrected chi connectivity index (χ0v) is 18.3. The average Bonchev–Trinajstić information content (AvgIpc) is 3.35. The van der Waals surface area contributed by atoms with Gasteiger partial charge in [0.05, 0.1) is 23.9 Å². The molecule has 1 aliphatic carbocycles. The molecule has 3 aromatic heterocycles. The second-order valence-corrected chi connectivity index (χ2v) is 9.13. The van der Waals surface area contributed by atoms with Gasteiger partial charge in [-0.3, -0.25) is 9.36 Å². The summed E-state index contributed by atoms with van der Waals surface area (Å²) in [4.78, 5) is 20.8. The zero-order chi connectivity index (χ0) is 20.7. The van der Waals surface area contributed by atoms with E-state index in [-0.39, 0.29) is 5.56 Å². The summed E-state index contributed by atoms with van der Waals surface area (Å²) in [7, 11) is 1.61. The Bertz CT molecular complexity index is 1290. The minimum atomic E-state index is -0.0480. The molecule has 30 heavy (non-hydrogen) atoms. The van der Waals surface area contributed by atoms with Gasteiger partial charge in [-0.1, -0.05) is 23.9 Å². The number of methoxy groups -OCH3 is 1. The van der Waals surface area contributed by atoms with Crippen molar-refractivity contribution >= 4 is 33.3 Å². The van der Waals surface area contributed by atoms with Gasteiger partial charge < -0.3 is 9.15 Å². The summed E-state index contributed by atoms with van der Waals surface area (Å²) in [5, 5.41) is 9.28. The van der Waals surface area contributed by atoms with Crippen molar-refractivity contribution in [3.8, 4) is 11.4 Å². The first kappa shape index (κ1) is 19.3. The van der Waals surface area contributed by atoms with Gasteiger partial charge in [-0.05, 0) is 43.4 Å². The number of rotatable bonds is 5. The van der Waals surface area contributed by atoms with E-state index in [2.05, 4.69) is 10.2 Å². The Morgan fingerprint density at radius 1 is 1.23 bits per heavy atom. The summed E-state index contributed by atoms with van der Waals surface area (Å²) in [6.45, 7) is 1.76. The largest absolute Gasteiger partial charge is 0.495 e. The van der Waals surface area contributed by atoms with E-state index >= 15 is 0 Å². The minimum absolute atomic E-state index is 0.0480. The minimum Gasteiger partial charge on any atom is -0.495 e. The molecular formula is C21H20N4O3S2. The lowest BCUT2D eigenvalue weighted by atomic mass is 9.97. The van der Waals surface area contributed by atoms with Gasteiger partial charge in [-0.2, -0.15) is 0 Å². The van der Waals surface area contributed by atoms with Crippen molar-refractivity contribution in [2.24, 2.45) is 0 Å². The maximum Gasteiger partial charge on any atom is 0.267 e. The molecule has 1 aliphatic rings. The summed E-state index contributed by atoms with van der Waals surface area (Å²) < 4.78 is 12.7. The van der Waals surface area contributed by atoms with Crippen molar-refractivity contribution in [3.63, 3.8) is 0 Å². The molecule has 0 atom stereocenters. The van der Waals surface area contributed by atoms with Gasteiger partial charge in [0.1, 0.15) is 10.6 Å². The summed E-state index contributed by atoms with van der Waals surface area (Å²) in [5.41, 5.74) is 1.80. The fourth-order valence-corrected chi connectivity index (χ4v) is 5.98. The van der Waals surface area contributed by atoms with Crippen LogP contribution in [0.2, 0.25) is 0 Å². The van der Waals surface area contributed by atoms with Gasteiger partial charge in [0.15, 0.2) is 5.16 Å². The Balaban J connectivity index is 1.71. The number of hydrogen-bond acceptors (Lipinski definition) is 8. The molecular weight excluding hydrogens is 420 g/mol. The average molecular weight is 441 g/mol. The van der Waals surface area contributed by atoms with E-state index in [0.29, 0.717) is 34.1 Å². The molecule has 0 spiro atoms. The third kappa shape index (κ3) is 3.31. The van der Waals surface area contributed by atoms with Crippen molar-refractivity contribution < 1.29 is 9.15 Å². The predicted molar refractivity (Wildman–Crippen MR) is 117 cm³/mol. The van der Waals surface area contributed by atoms with Crippen molar-refractivity contribution in [2.45, 2.75) is 43.5 Å². The lowest BCUT2D eigenvalue weighted by Crippen LogP contribution is -2.22. The quantitative estimate of drug-likeness (QED) is 0.338. The monoisotopic (exact) mass is 440 g/mol. The summed E-state index contributed by atoms with van der Waals surface area (Å²) in [5.74, 6) is 2.07. The second-order valence-electron chi connectivity index (χ2n) is 7.10. The highest BCUT2D eigenvalue weighted by atomic mass is 32.2. The van der Waals surface area contributed by atoms with E-state index in [0.717, 1.165) is 29.5 Å². The molecule has 0 aliphatic heterocycles.